The zero-order valence-electron chi connectivity index (χ0n) is 17.1. The summed E-state index contributed by atoms with van der Waals surface area (Å²) in [5, 5.41) is 11.2. The Morgan fingerprint density at radius 3 is 2.71 bits per heavy atom. The minimum absolute atomic E-state index is 0.0599. The Bertz CT molecular complexity index is 1040. The molecule has 2 N–H and O–H groups in total. The van der Waals surface area contributed by atoms with E-state index in [2.05, 4.69) is 20.4 Å². The lowest BCUT2D eigenvalue weighted by Gasteiger charge is -2.31. The van der Waals surface area contributed by atoms with E-state index in [9.17, 15) is 9.59 Å². The molecule has 2 aromatic carbocycles. The van der Waals surface area contributed by atoms with E-state index in [4.69, 9.17) is 16.3 Å². The monoisotopic (exact) mass is 440 g/mol. The molecule has 0 unspecified atom stereocenters. The van der Waals surface area contributed by atoms with Crippen molar-refractivity contribution in [1.82, 2.24) is 15.1 Å². The molecule has 8 heteroatoms. The molecule has 1 amide bonds. The third-order valence-corrected chi connectivity index (χ3v) is 5.90. The number of ether oxygens (including phenoxy) is 1. The molecule has 0 bridgehead atoms. The van der Waals surface area contributed by atoms with Gasteiger partial charge in [-0.05, 0) is 62.7 Å². The van der Waals surface area contributed by atoms with Crippen LogP contribution in [-0.4, -0.2) is 53.2 Å². The number of benzene rings is 2. The minimum atomic E-state index is -0.477. The molecule has 0 radical (unpaired) electrons. The highest BCUT2D eigenvalue weighted by atomic mass is 35.5. The number of Topliss-reactive ketones (excluding diaryl/α,β-unsaturated/α-hetero) is 1. The van der Waals surface area contributed by atoms with Crippen molar-refractivity contribution in [3.63, 3.8) is 0 Å². The molecular formula is C23H25ClN4O3. The lowest BCUT2D eigenvalue weighted by molar-refractivity contribution is 0.0830. The Morgan fingerprint density at radius 2 is 1.94 bits per heavy atom. The summed E-state index contributed by atoms with van der Waals surface area (Å²) in [6.07, 6.45) is 3.66. The van der Waals surface area contributed by atoms with Gasteiger partial charge in [-0.15, -0.1) is 0 Å². The van der Waals surface area contributed by atoms with Crippen LogP contribution in [0.25, 0.3) is 10.9 Å². The van der Waals surface area contributed by atoms with Gasteiger partial charge in [-0.2, -0.15) is 5.10 Å². The number of carbonyl (C=O) groups excluding carboxylic acids is 2. The third-order valence-electron chi connectivity index (χ3n) is 5.65. The predicted molar refractivity (Wildman–Crippen MR) is 121 cm³/mol. The summed E-state index contributed by atoms with van der Waals surface area (Å²) in [6, 6.07) is 12.7. The van der Waals surface area contributed by atoms with E-state index in [0.29, 0.717) is 17.3 Å². The number of halogens is 1. The quantitative estimate of drug-likeness (QED) is 0.409. The highest BCUT2D eigenvalue weighted by molar-refractivity contribution is 6.30. The van der Waals surface area contributed by atoms with Gasteiger partial charge in [0.2, 0.25) is 0 Å². The second-order valence-corrected chi connectivity index (χ2v) is 8.18. The Hall–Kier alpha value is -2.90. The molecule has 2 heterocycles. The van der Waals surface area contributed by atoms with Gasteiger partial charge in [-0.1, -0.05) is 23.7 Å². The fourth-order valence-corrected chi connectivity index (χ4v) is 4.07. The smallest absolute Gasteiger partial charge is 0.411 e. The average Bonchev–Trinajstić information content (AvgIpc) is 3.27. The van der Waals surface area contributed by atoms with Crippen LogP contribution in [0.5, 0.6) is 0 Å². The molecule has 1 fully saturated rings. The summed E-state index contributed by atoms with van der Waals surface area (Å²) < 4.78 is 5.31. The number of nitrogens with one attached hydrogen (secondary N) is 2. The van der Waals surface area contributed by atoms with Gasteiger partial charge in [0.15, 0.2) is 5.78 Å². The van der Waals surface area contributed by atoms with Crippen LogP contribution in [0.1, 0.15) is 29.6 Å². The van der Waals surface area contributed by atoms with Crippen molar-refractivity contribution in [3.05, 3.63) is 59.2 Å². The summed E-state index contributed by atoms with van der Waals surface area (Å²) in [6.45, 7) is 2.93. The number of amides is 1. The Labute approximate surface area is 185 Å². The van der Waals surface area contributed by atoms with Crippen LogP contribution in [-0.2, 0) is 4.74 Å². The largest absolute Gasteiger partial charge is 0.449 e. The molecule has 0 spiro atoms. The van der Waals surface area contributed by atoms with Gasteiger partial charge >= 0.3 is 6.09 Å². The highest BCUT2D eigenvalue weighted by Crippen LogP contribution is 2.23. The zero-order chi connectivity index (χ0) is 21.6. The number of piperidine rings is 1. The molecule has 1 aliphatic rings. The van der Waals surface area contributed by atoms with Gasteiger partial charge < -0.3 is 9.64 Å². The Morgan fingerprint density at radius 1 is 1.16 bits per heavy atom. The first-order chi connectivity index (χ1) is 15.1. The summed E-state index contributed by atoms with van der Waals surface area (Å²) in [5.41, 5.74) is 2.15. The molecule has 162 valence electrons. The first kappa shape index (κ1) is 21.3. The summed E-state index contributed by atoms with van der Waals surface area (Å²) >= 11 is 5.90. The number of likely N-dealkylation sites (tertiary alicyclic amines) is 1. The van der Waals surface area contributed by atoms with Gasteiger partial charge in [0.05, 0.1) is 24.0 Å². The van der Waals surface area contributed by atoms with E-state index in [1.165, 1.54) is 0 Å². The highest BCUT2D eigenvalue weighted by Gasteiger charge is 2.25. The van der Waals surface area contributed by atoms with Crippen molar-refractivity contribution >= 4 is 40.1 Å². The number of carbonyl (C=O) groups is 2. The first-order valence-electron chi connectivity index (χ1n) is 10.5. The number of aromatic amines is 1. The second kappa shape index (κ2) is 9.94. The van der Waals surface area contributed by atoms with Crippen LogP contribution in [0.4, 0.5) is 10.5 Å². The van der Waals surface area contributed by atoms with Crippen molar-refractivity contribution in [3.8, 4) is 0 Å². The van der Waals surface area contributed by atoms with Crippen molar-refractivity contribution in [2.75, 3.05) is 31.6 Å². The number of H-pyrrole nitrogens is 1. The number of fused-ring (bicyclic) bond motifs is 1. The molecule has 0 aliphatic carbocycles. The van der Waals surface area contributed by atoms with E-state index in [1.807, 2.05) is 12.1 Å². The molecule has 7 nitrogen and oxygen atoms in total. The normalized spacial score (nSPS) is 15.1. The lowest BCUT2D eigenvalue weighted by Crippen LogP contribution is -2.37. The van der Waals surface area contributed by atoms with Crippen LogP contribution < -0.4 is 5.32 Å². The molecule has 0 saturated carbocycles. The molecule has 1 aromatic heterocycles. The number of aromatic nitrogens is 2. The maximum atomic E-state index is 12.6. The molecule has 0 atom stereocenters. The van der Waals surface area contributed by atoms with Crippen LogP contribution >= 0.6 is 11.6 Å². The standard InChI is InChI=1S/C23H25ClN4O3/c24-19-7-5-16(6-8-19)22(29)17-9-12-28(13-10-17)11-2-14-31-23(30)26-20-4-1-3-18-15-25-27-21(18)20/h1,3-8,15,17H,2,9-14H2,(H,25,27)(H,26,30). The van der Waals surface area contributed by atoms with E-state index in [0.717, 1.165) is 55.4 Å². The first-order valence-corrected chi connectivity index (χ1v) is 10.9. The van der Waals surface area contributed by atoms with Crippen molar-refractivity contribution in [1.29, 1.82) is 0 Å². The van der Waals surface area contributed by atoms with Crippen molar-refractivity contribution in [2.45, 2.75) is 19.3 Å². The van der Waals surface area contributed by atoms with Crippen LogP contribution in [0.15, 0.2) is 48.7 Å². The van der Waals surface area contributed by atoms with Crippen molar-refractivity contribution in [2.24, 2.45) is 5.92 Å². The van der Waals surface area contributed by atoms with Crippen LogP contribution in [0.2, 0.25) is 5.02 Å². The third kappa shape index (κ3) is 5.42. The van der Waals surface area contributed by atoms with E-state index < -0.39 is 6.09 Å². The molecular weight excluding hydrogens is 416 g/mol. The molecule has 3 aromatic rings. The molecule has 1 saturated heterocycles. The fourth-order valence-electron chi connectivity index (χ4n) is 3.94. The Balaban J connectivity index is 1.15. The Kier molecular flexibility index (Phi) is 6.84. The van der Waals surface area contributed by atoms with E-state index >= 15 is 0 Å². The average molecular weight is 441 g/mol. The van der Waals surface area contributed by atoms with Gasteiger partial charge in [-0.3, -0.25) is 15.2 Å². The topological polar surface area (TPSA) is 87.3 Å². The number of ketones is 1. The molecule has 31 heavy (non-hydrogen) atoms. The number of anilines is 1. The maximum Gasteiger partial charge on any atom is 0.411 e. The summed E-state index contributed by atoms with van der Waals surface area (Å²) in [7, 11) is 0. The number of nitrogens with zero attached hydrogens (tertiary/aromatic N) is 2. The van der Waals surface area contributed by atoms with E-state index in [1.54, 1.807) is 36.5 Å². The number of hydrogen-bond acceptors (Lipinski definition) is 5. The number of para-hydroxylation sites is 1. The van der Waals surface area contributed by atoms with Gasteiger partial charge in [0.25, 0.3) is 0 Å². The van der Waals surface area contributed by atoms with Crippen molar-refractivity contribution < 1.29 is 14.3 Å². The SMILES string of the molecule is O=C(Nc1cccc2cn[nH]c12)OCCCN1CCC(C(=O)c2ccc(Cl)cc2)CC1. The lowest BCUT2D eigenvalue weighted by atomic mass is 9.89. The predicted octanol–water partition coefficient (Wildman–Crippen LogP) is 4.75. The maximum absolute atomic E-state index is 12.6. The number of rotatable bonds is 7. The van der Waals surface area contributed by atoms with Crippen LogP contribution in [0, 0.1) is 5.92 Å². The minimum Gasteiger partial charge on any atom is -0.449 e. The van der Waals surface area contributed by atoms with Crippen LogP contribution in [0.3, 0.4) is 0 Å². The van der Waals surface area contributed by atoms with Gasteiger partial charge in [-0.25, -0.2) is 4.79 Å². The summed E-state index contributed by atoms with van der Waals surface area (Å²) in [4.78, 5) is 27.0. The van der Waals surface area contributed by atoms with Gasteiger partial charge in [0, 0.05) is 28.4 Å². The number of hydrogen-bond donors (Lipinski definition) is 2. The summed E-state index contributed by atoms with van der Waals surface area (Å²) in [5.74, 6) is 0.258. The fraction of sp³-hybridized carbons (Fsp3) is 0.348. The second-order valence-electron chi connectivity index (χ2n) is 7.74. The molecule has 4 rings (SSSR count). The van der Waals surface area contributed by atoms with Gasteiger partial charge in [0.1, 0.15) is 0 Å². The molecule has 1 aliphatic heterocycles. The zero-order valence-corrected chi connectivity index (χ0v) is 17.9. The van der Waals surface area contributed by atoms with E-state index in [-0.39, 0.29) is 11.7 Å².